The summed E-state index contributed by atoms with van der Waals surface area (Å²) in [5.41, 5.74) is 3.21. The minimum atomic E-state index is 0.523. The normalized spacial score (nSPS) is 11.2. The lowest BCUT2D eigenvalue weighted by molar-refractivity contribution is 0.174. The van der Waals surface area contributed by atoms with E-state index in [1.807, 2.05) is 43.3 Å². The molecular weight excluding hydrogens is 336 g/mol. The lowest BCUT2D eigenvalue weighted by Gasteiger charge is -2.10. The molecule has 4 nitrogen and oxygen atoms in total. The van der Waals surface area contributed by atoms with E-state index in [9.17, 15) is 0 Å². The topological polar surface area (TPSA) is 36.3 Å². The fraction of sp³-hybridized carbons (Fsp3) is 0.350. The molecule has 0 aliphatic rings. The summed E-state index contributed by atoms with van der Waals surface area (Å²) in [4.78, 5) is 4.66. The number of hydrogen-bond donors (Lipinski definition) is 0. The van der Waals surface area contributed by atoms with Gasteiger partial charge in [0.15, 0.2) is 0 Å². The highest BCUT2D eigenvalue weighted by atomic mass is 35.5. The van der Waals surface area contributed by atoms with Crippen molar-refractivity contribution in [3.63, 3.8) is 0 Å². The number of aromatic nitrogens is 2. The molecule has 2 aromatic carbocycles. The van der Waals surface area contributed by atoms with Crippen LogP contribution in [0.2, 0.25) is 5.02 Å². The molecular formula is C20H23ClN2O2. The first-order valence-corrected chi connectivity index (χ1v) is 8.89. The molecule has 0 aliphatic carbocycles. The minimum absolute atomic E-state index is 0.523. The molecule has 1 aromatic heterocycles. The predicted molar refractivity (Wildman–Crippen MR) is 101 cm³/mol. The van der Waals surface area contributed by atoms with Crippen molar-refractivity contribution in [2.45, 2.75) is 32.9 Å². The standard InChI is InChI=1S/C20H23ClN2O2/c1-15-13-16(9-10-17(15)21)25-12-6-5-11-23-19-8-4-3-7-18(19)22-20(23)14-24-2/h3-4,7-10,13H,5-6,11-12,14H2,1-2H3. The number of hydrogen-bond acceptors (Lipinski definition) is 3. The van der Waals surface area contributed by atoms with Crippen molar-refractivity contribution in [3.05, 3.63) is 58.9 Å². The van der Waals surface area contributed by atoms with Gasteiger partial charge in [-0.2, -0.15) is 0 Å². The molecule has 0 atom stereocenters. The molecule has 0 fully saturated rings. The van der Waals surface area contributed by atoms with Gasteiger partial charge in [0, 0.05) is 18.7 Å². The number of para-hydroxylation sites is 2. The van der Waals surface area contributed by atoms with E-state index in [-0.39, 0.29) is 0 Å². The second kappa shape index (κ2) is 8.37. The Morgan fingerprint density at radius 1 is 1.12 bits per heavy atom. The fourth-order valence-electron chi connectivity index (χ4n) is 2.88. The highest BCUT2D eigenvalue weighted by Crippen LogP contribution is 2.21. The molecule has 0 aliphatic heterocycles. The maximum atomic E-state index is 6.04. The number of imidazole rings is 1. The van der Waals surface area contributed by atoms with E-state index < -0.39 is 0 Å². The average molecular weight is 359 g/mol. The summed E-state index contributed by atoms with van der Waals surface area (Å²) in [5, 5.41) is 0.769. The van der Waals surface area contributed by atoms with Crippen LogP contribution in [0.4, 0.5) is 0 Å². The summed E-state index contributed by atoms with van der Waals surface area (Å²) in [7, 11) is 1.70. The maximum Gasteiger partial charge on any atom is 0.135 e. The molecule has 0 amide bonds. The minimum Gasteiger partial charge on any atom is -0.494 e. The Hall–Kier alpha value is -2.04. The zero-order chi connectivity index (χ0) is 17.6. The third kappa shape index (κ3) is 4.33. The molecule has 3 rings (SSSR count). The summed E-state index contributed by atoms with van der Waals surface area (Å²) < 4.78 is 13.3. The Bertz CT molecular complexity index is 845. The van der Waals surface area contributed by atoms with Crippen LogP contribution in [0.5, 0.6) is 5.75 Å². The van der Waals surface area contributed by atoms with Crippen molar-refractivity contribution in [1.29, 1.82) is 0 Å². The van der Waals surface area contributed by atoms with Gasteiger partial charge in [0.05, 0.1) is 17.6 Å². The SMILES string of the molecule is COCc1nc2ccccc2n1CCCCOc1ccc(Cl)c(C)c1. The van der Waals surface area contributed by atoms with Gasteiger partial charge in [-0.25, -0.2) is 4.98 Å². The molecule has 0 spiro atoms. The van der Waals surface area contributed by atoms with E-state index in [1.165, 1.54) is 0 Å². The van der Waals surface area contributed by atoms with Gasteiger partial charge >= 0.3 is 0 Å². The molecule has 3 aromatic rings. The number of unbranched alkanes of at least 4 members (excludes halogenated alkanes) is 1. The molecule has 0 N–H and O–H groups in total. The molecule has 0 unspecified atom stereocenters. The van der Waals surface area contributed by atoms with E-state index in [4.69, 9.17) is 21.1 Å². The van der Waals surface area contributed by atoms with Gasteiger partial charge in [-0.15, -0.1) is 0 Å². The number of halogens is 1. The molecule has 0 saturated heterocycles. The van der Waals surface area contributed by atoms with Gasteiger partial charge < -0.3 is 14.0 Å². The molecule has 0 bridgehead atoms. The third-order valence-corrected chi connectivity index (χ3v) is 4.61. The Morgan fingerprint density at radius 2 is 1.96 bits per heavy atom. The Labute approximate surface area is 153 Å². The van der Waals surface area contributed by atoms with Crippen molar-refractivity contribution in [2.24, 2.45) is 0 Å². The largest absolute Gasteiger partial charge is 0.494 e. The maximum absolute atomic E-state index is 6.04. The highest BCUT2D eigenvalue weighted by Gasteiger charge is 2.09. The van der Waals surface area contributed by atoms with Crippen LogP contribution in [0.15, 0.2) is 42.5 Å². The molecule has 1 heterocycles. The van der Waals surface area contributed by atoms with Gasteiger partial charge in [0.1, 0.15) is 18.2 Å². The van der Waals surface area contributed by atoms with Gasteiger partial charge in [-0.3, -0.25) is 0 Å². The van der Waals surface area contributed by atoms with Crippen LogP contribution in [-0.2, 0) is 17.9 Å². The van der Waals surface area contributed by atoms with Crippen molar-refractivity contribution < 1.29 is 9.47 Å². The second-order valence-corrected chi connectivity index (χ2v) is 6.48. The lowest BCUT2D eigenvalue weighted by Crippen LogP contribution is -2.07. The van der Waals surface area contributed by atoms with E-state index in [2.05, 4.69) is 15.6 Å². The first-order chi connectivity index (χ1) is 12.2. The number of benzene rings is 2. The van der Waals surface area contributed by atoms with E-state index in [1.54, 1.807) is 7.11 Å². The first-order valence-electron chi connectivity index (χ1n) is 8.51. The fourth-order valence-corrected chi connectivity index (χ4v) is 3.00. The van der Waals surface area contributed by atoms with Crippen LogP contribution in [0, 0.1) is 6.92 Å². The van der Waals surface area contributed by atoms with Crippen molar-refractivity contribution in [1.82, 2.24) is 9.55 Å². The zero-order valence-corrected chi connectivity index (χ0v) is 15.4. The number of nitrogens with zero attached hydrogens (tertiary/aromatic N) is 2. The smallest absolute Gasteiger partial charge is 0.135 e. The quantitative estimate of drug-likeness (QED) is 0.531. The van der Waals surface area contributed by atoms with Crippen molar-refractivity contribution in [2.75, 3.05) is 13.7 Å². The summed E-state index contributed by atoms with van der Waals surface area (Å²) in [6, 6.07) is 14.0. The third-order valence-electron chi connectivity index (χ3n) is 4.18. The predicted octanol–water partition coefficient (Wildman–Crippen LogP) is 5.00. The first kappa shape index (κ1) is 17.8. The Kier molecular flexibility index (Phi) is 5.95. The van der Waals surface area contributed by atoms with Crippen LogP contribution in [-0.4, -0.2) is 23.3 Å². The Balaban J connectivity index is 1.56. The van der Waals surface area contributed by atoms with Gasteiger partial charge in [-0.05, 0) is 55.7 Å². The van der Waals surface area contributed by atoms with Crippen LogP contribution in [0.25, 0.3) is 11.0 Å². The highest BCUT2D eigenvalue weighted by molar-refractivity contribution is 6.31. The molecule has 25 heavy (non-hydrogen) atoms. The van der Waals surface area contributed by atoms with E-state index in [0.29, 0.717) is 13.2 Å². The second-order valence-electron chi connectivity index (χ2n) is 6.07. The van der Waals surface area contributed by atoms with E-state index >= 15 is 0 Å². The number of aryl methyl sites for hydroxylation is 2. The summed E-state index contributed by atoms with van der Waals surface area (Å²) in [5.74, 6) is 1.84. The van der Waals surface area contributed by atoms with Gasteiger partial charge in [0.2, 0.25) is 0 Å². The van der Waals surface area contributed by atoms with Gasteiger partial charge in [-0.1, -0.05) is 23.7 Å². The molecule has 5 heteroatoms. The average Bonchev–Trinajstić information content (AvgIpc) is 2.95. The van der Waals surface area contributed by atoms with Crippen molar-refractivity contribution >= 4 is 22.6 Å². The van der Waals surface area contributed by atoms with Crippen LogP contribution >= 0.6 is 11.6 Å². The zero-order valence-electron chi connectivity index (χ0n) is 14.7. The number of methoxy groups -OCH3 is 1. The van der Waals surface area contributed by atoms with Crippen LogP contribution in [0.1, 0.15) is 24.2 Å². The number of ether oxygens (including phenoxy) is 2. The van der Waals surface area contributed by atoms with Crippen LogP contribution < -0.4 is 4.74 Å². The number of rotatable bonds is 8. The molecule has 132 valence electrons. The summed E-state index contributed by atoms with van der Waals surface area (Å²) >= 11 is 6.04. The van der Waals surface area contributed by atoms with Crippen LogP contribution in [0.3, 0.4) is 0 Å². The summed E-state index contributed by atoms with van der Waals surface area (Å²) in [6.07, 6.45) is 1.99. The van der Waals surface area contributed by atoms with Crippen molar-refractivity contribution in [3.8, 4) is 5.75 Å². The summed E-state index contributed by atoms with van der Waals surface area (Å²) in [6.45, 7) is 4.10. The number of fused-ring (bicyclic) bond motifs is 1. The monoisotopic (exact) mass is 358 g/mol. The molecule has 0 radical (unpaired) electrons. The van der Waals surface area contributed by atoms with Gasteiger partial charge in [0.25, 0.3) is 0 Å². The van der Waals surface area contributed by atoms with E-state index in [0.717, 1.165) is 52.6 Å². The Morgan fingerprint density at radius 3 is 2.76 bits per heavy atom. The lowest BCUT2D eigenvalue weighted by atomic mass is 10.2. The molecule has 0 saturated carbocycles.